The Balaban J connectivity index is 1.31. The number of nitrogens with one attached hydrogen (secondary N) is 1. The molecule has 2 heteroatoms. The lowest BCUT2D eigenvalue weighted by Gasteiger charge is -2.28. The third-order valence-corrected chi connectivity index (χ3v) is 8.81. The smallest absolute Gasteiger partial charge is 0.0469 e. The van der Waals surface area contributed by atoms with Crippen molar-refractivity contribution in [2.24, 2.45) is 0 Å². The highest BCUT2D eigenvalue weighted by Crippen LogP contribution is 2.50. The number of aromatic amines is 1. The molecule has 41 heavy (non-hydrogen) atoms. The Morgan fingerprint density at radius 2 is 1.07 bits per heavy atom. The number of benzene rings is 6. The summed E-state index contributed by atoms with van der Waals surface area (Å²) in [6, 6.07) is 50.7. The summed E-state index contributed by atoms with van der Waals surface area (Å²) in [5.41, 5.74) is 13.6. The lowest BCUT2D eigenvalue weighted by atomic mass is 9.82. The molecule has 196 valence electrons. The molecule has 1 aliphatic rings. The van der Waals surface area contributed by atoms with Crippen molar-refractivity contribution in [3.63, 3.8) is 0 Å². The maximum absolute atomic E-state index is 3.59. The predicted molar refractivity (Wildman–Crippen MR) is 173 cm³/mol. The average Bonchev–Trinajstić information content (AvgIpc) is 3.50. The van der Waals surface area contributed by atoms with Crippen LogP contribution < -0.4 is 4.90 Å². The van der Waals surface area contributed by atoms with E-state index in [2.05, 4.69) is 163 Å². The van der Waals surface area contributed by atoms with E-state index in [1.807, 2.05) is 0 Å². The van der Waals surface area contributed by atoms with Crippen molar-refractivity contribution in [1.82, 2.24) is 4.98 Å². The van der Waals surface area contributed by atoms with E-state index in [1.165, 1.54) is 44.2 Å². The highest BCUT2D eigenvalue weighted by atomic mass is 15.1. The van der Waals surface area contributed by atoms with Gasteiger partial charge in [-0.2, -0.15) is 0 Å². The Labute approximate surface area is 240 Å². The van der Waals surface area contributed by atoms with Gasteiger partial charge in [0, 0.05) is 44.3 Å². The number of anilines is 3. The Hall–Kier alpha value is -5.08. The zero-order valence-electron chi connectivity index (χ0n) is 23.2. The minimum absolute atomic E-state index is 0.0639. The van der Waals surface area contributed by atoms with Crippen LogP contribution in [0.2, 0.25) is 0 Å². The second kappa shape index (κ2) is 8.97. The first-order valence-corrected chi connectivity index (χ1v) is 14.3. The lowest BCUT2D eigenvalue weighted by molar-refractivity contribution is 0.660. The molecular formula is C39H30N2. The van der Waals surface area contributed by atoms with E-state index in [0.29, 0.717) is 0 Å². The molecule has 1 N–H and O–H groups in total. The summed E-state index contributed by atoms with van der Waals surface area (Å²) in [7, 11) is 0. The van der Waals surface area contributed by atoms with Crippen molar-refractivity contribution < 1.29 is 0 Å². The molecule has 0 fully saturated rings. The number of aromatic nitrogens is 1. The van der Waals surface area contributed by atoms with E-state index in [-0.39, 0.29) is 5.41 Å². The van der Waals surface area contributed by atoms with Crippen molar-refractivity contribution in [3.8, 4) is 22.3 Å². The van der Waals surface area contributed by atoms with E-state index < -0.39 is 0 Å². The molecule has 1 heterocycles. The van der Waals surface area contributed by atoms with Crippen LogP contribution in [-0.4, -0.2) is 4.98 Å². The van der Waals surface area contributed by atoms with E-state index >= 15 is 0 Å². The highest BCUT2D eigenvalue weighted by molar-refractivity contribution is 6.08. The van der Waals surface area contributed by atoms with Gasteiger partial charge in [-0.3, -0.25) is 0 Å². The molecule has 8 rings (SSSR count). The Kier molecular flexibility index (Phi) is 5.20. The van der Waals surface area contributed by atoms with Gasteiger partial charge in [0.15, 0.2) is 0 Å². The fourth-order valence-corrected chi connectivity index (χ4v) is 6.69. The monoisotopic (exact) mass is 526 g/mol. The van der Waals surface area contributed by atoms with Crippen molar-refractivity contribution in [2.45, 2.75) is 19.3 Å². The number of rotatable bonds is 4. The second-order valence-corrected chi connectivity index (χ2v) is 11.5. The molecule has 0 atom stereocenters. The van der Waals surface area contributed by atoms with Crippen LogP contribution in [0.4, 0.5) is 17.1 Å². The van der Waals surface area contributed by atoms with Crippen LogP contribution >= 0.6 is 0 Å². The molecule has 2 nitrogen and oxygen atoms in total. The molecular weight excluding hydrogens is 496 g/mol. The molecule has 0 bridgehead atoms. The van der Waals surface area contributed by atoms with Gasteiger partial charge in [-0.15, -0.1) is 0 Å². The molecule has 0 radical (unpaired) electrons. The molecule has 0 saturated heterocycles. The molecule has 0 spiro atoms. The van der Waals surface area contributed by atoms with Crippen LogP contribution in [0.5, 0.6) is 0 Å². The second-order valence-electron chi connectivity index (χ2n) is 11.5. The number of hydrogen-bond acceptors (Lipinski definition) is 1. The summed E-state index contributed by atoms with van der Waals surface area (Å²) in [5, 5.41) is 2.48. The van der Waals surface area contributed by atoms with Crippen molar-refractivity contribution in [2.75, 3.05) is 4.90 Å². The van der Waals surface area contributed by atoms with Crippen LogP contribution in [0, 0.1) is 0 Å². The van der Waals surface area contributed by atoms with E-state index in [9.17, 15) is 0 Å². The first kappa shape index (κ1) is 23.8. The summed E-state index contributed by atoms with van der Waals surface area (Å²) in [6.45, 7) is 4.69. The zero-order valence-corrected chi connectivity index (χ0v) is 23.2. The van der Waals surface area contributed by atoms with E-state index in [0.717, 1.165) is 28.1 Å². The fraction of sp³-hybridized carbons (Fsp3) is 0.0769. The number of nitrogens with zero attached hydrogens (tertiary/aromatic N) is 1. The Morgan fingerprint density at radius 3 is 1.93 bits per heavy atom. The Morgan fingerprint density at radius 1 is 0.463 bits per heavy atom. The standard InChI is InChI=1S/C39H30N2/c1-39(2)35-14-8-6-12-31(35)32-22-20-30(25-36(32)39)41(28-18-16-27(17-19-28)26-10-4-3-5-11-26)29-21-23-38-34(24-29)33-13-7-9-15-37(33)40-38/h3-25,40H,1-2H3. The summed E-state index contributed by atoms with van der Waals surface area (Å²) in [4.78, 5) is 5.98. The van der Waals surface area contributed by atoms with E-state index in [1.54, 1.807) is 0 Å². The minimum atomic E-state index is -0.0639. The van der Waals surface area contributed by atoms with Crippen molar-refractivity contribution >= 4 is 38.9 Å². The molecule has 1 aliphatic carbocycles. The lowest BCUT2D eigenvalue weighted by Crippen LogP contribution is -2.16. The van der Waals surface area contributed by atoms with E-state index in [4.69, 9.17) is 0 Å². The number of H-pyrrole nitrogens is 1. The van der Waals surface area contributed by atoms with Gasteiger partial charge in [0.2, 0.25) is 0 Å². The summed E-state index contributed by atoms with van der Waals surface area (Å²) < 4.78 is 0. The van der Waals surface area contributed by atoms with Gasteiger partial charge in [-0.05, 0) is 81.9 Å². The van der Waals surface area contributed by atoms with Crippen LogP contribution in [0.25, 0.3) is 44.1 Å². The third-order valence-electron chi connectivity index (χ3n) is 8.81. The minimum Gasteiger partial charge on any atom is -0.355 e. The zero-order chi connectivity index (χ0) is 27.6. The summed E-state index contributed by atoms with van der Waals surface area (Å²) in [6.07, 6.45) is 0. The van der Waals surface area contributed by atoms with Crippen LogP contribution in [0.15, 0.2) is 140 Å². The number of fused-ring (bicyclic) bond motifs is 6. The molecule has 0 saturated carbocycles. The highest BCUT2D eigenvalue weighted by Gasteiger charge is 2.35. The van der Waals surface area contributed by atoms with Gasteiger partial charge in [0.1, 0.15) is 0 Å². The normalized spacial score (nSPS) is 13.3. The molecule has 7 aromatic rings. The average molecular weight is 527 g/mol. The maximum atomic E-state index is 3.59. The number of para-hydroxylation sites is 1. The summed E-state index contributed by atoms with van der Waals surface area (Å²) in [5.74, 6) is 0. The molecule has 6 aromatic carbocycles. The topological polar surface area (TPSA) is 19.0 Å². The first-order chi connectivity index (χ1) is 20.1. The van der Waals surface area contributed by atoms with Crippen LogP contribution in [-0.2, 0) is 5.41 Å². The largest absolute Gasteiger partial charge is 0.355 e. The SMILES string of the molecule is CC1(C)c2ccccc2-c2ccc(N(c3ccc(-c4ccccc4)cc3)c3ccc4[nH]c5ccccc5c4c3)cc21. The maximum Gasteiger partial charge on any atom is 0.0469 e. The summed E-state index contributed by atoms with van der Waals surface area (Å²) >= 11 is 0. The number of hydrogen-bond donors (Lipinski definition) is 1. The Bertz CT molecular complexity index is 2060. The molecule has 0 amide bonds. The van der Waals surface area contributed by atoms with Gasteiger partial charge in [-0.25, -0.2) is 0 Å². The fourth-order valence-electron chi connectivity index (χ4n) is 6.69. The van der Waals surface area contributed by atoms with Gasteiger partial charge in [-0.1, -0.05) is 105 Å². The van der Waals surface area contributed by atoms with Crippen molar-refractivity contribution in [1.29, 1.82) is 0 Å². The molecule has 0 unspecified atom stereocenters. The molecule has 1 aromatic heterocycles. The quantitative estimate of drug-likeness (QED) is 0.242. The third kappa shape index (κ3) is 3.72. The molecule has 0 aliphatic heterocycles. The van der Waals surface area contributed by atoms with Crippen LogP contribution in [0.1, 0.15) is 25.0 Å². The van der Waals surface area contributed by atoms with Gasteiger partial charge < -0.3 is 9.88 Å². The van der Waals surface area contributed by atoms with Gasteiger partial charge in [0.05, 0.1) is 0 Å². The van der Waals surface area contributed by atoms with Crippen LogP contribution in [0.3, 0.4) is 0 Å². The van der Waals surface area contributed by atoms with Gasteiger partial charge >= 0.3 is 0 Å². The first-order valence-electron chi connectivity index (χ1n) is 14.3. The van der Waals surface area contributed by atoms with Gasteiger partial charge in [0.25, 0.3) is 0 Å². The predicted octanol–water partition coefficient (Wildman–Crippen LogP) is 10.8. The van der Waals surface area contributed by atoms with Crippen molar-refractivity contribution in [3.05, 3.63) is 151 Å².